The van der Waals surface area contributed by atoms with E-state index in [0.717, 1.165) is 5.92 Å². The summed E-state index contributed by atoms with van der Waals surface area (Å²) in [5, 5.41) is 0. The molecule has 62 valence electrons. The summed E-state index contributed by atoms with van der Waals surface area (Å²) >= 11 is 0. The van der Waals surface area contributed by atoms with Crippen molar-refractivity contribution in [1.29, 1.82) is 0 Å². The molecule has 0 aromatic carbocycles. The SMILES string of the molecule is CC1CC2(C)C=CC(C)(C1)C2. The van der Waals surface area contributed by atoms with E-state index in [1.165, 1.54) is 19.3 Å². The summed E-state index contributed by atoms with van der Waals surface area (Å²) in [6.07, 6.45) is 9.11. The second kappa shape index (κ2) is 1.91. The topological polar surface area (TPSA) is 0 Å². The van der Waals surface area contributed by atoms with E-state index in [0.29, 0.717) is 10.8 Å². The summed E-state index contributed by atoms with van der Waals surface area (Å²) in [6, 6.07) is 0. The van der Waals surface area contributed by atoms with Crippen molar-refractivity contribution in [2.75, 3.05) is 0 Å². The molecule has 0 aliphatic heterocycles. The lowest BCUT2D eigenvalue weighted by molar-refractivity contribution is 0.144. The van der Waals surface area contributed by atoms with Crippen molar-refractivity contribution in [3.05, 3.63) is 12.2 Å². The molecule has 0 amide bonds. The van der Waals surface area contributed by atoms with E-state index < -0.39 is 0 Å². The van der Waals surface area contributed by atoms with E-state index in [1.54, 1.807) is 0 Å². The fourth-order valence-electron chi connectivity index (χ4n) is 3.39. The number of hydrogen-bond donors (Lipinski definition) is 0. The van der Waals surface area contributed by atoms with Crippen molar-refractivity contribution in [3.8, 4) is 0 Å². The van der Waals surface area contributed by atoms with Gasteiger partial charge < -0.3 is 0 Å². The number of fused-ring (bicyclic) bond motifs is 2. The van der Waals surface area contributed by atoms with Crippen LogP contribution in [0.4, 0.5) is 0 Å². The first-order valence-corrected chi connectivity index (χ1v) is 4.72. The van der Waals surface area contributed by atoms with Crippen LogP contribution in [0.25, 0.3) is 0 Å². The average Bonchev–Trinajstić information content (AvgIpc) is 2.01. The molecule has 0 spiro atoms. The van der Waals surface area contributed by atoms with E-state index in [1.807, 2.05) is 0 Å². The van der Waals surface area contributed by atoms with Crippen LogP contribution in [-0.4, -0.2) is 0 Å². The van der Waals surface area contributed by atoms with E-state index in [9.17, 15) is 0 Å². The maximum atomic E-state index is 2.45. The minimum atomic E-state index is 0.548. The van der Waals surface area contributed by atoms with Gasteiger partial charge in [-0.1, -0.05) is 32.9 Å². The van der Waals surface area contributed by atoms with Crippen LogP contribution in [0.5, 0.6) is 0 Å². The summed E-state index contributed by atoms with van der Waals surface area (Å²) in [4.78, 5) is 0. The van der Waals surface area contributed by atoms with Crippen LogP contribution < -0.4 is 0 Å². The van der Waals surface area contributed by atoms with E-state index >= 15 is 0 Å². The lowest BCUT2D eigenvalue weighted by atomic mass is 9.66. The van der Waals surface area contributed by atoms with Crippen LogP contribution >= 0.6 is 0 Å². The summed E-state index contributed by atoms with van der Waals surface area (Å²) in [5.74, 6) is 0.925. The molecule has 0 nitrogen and oxygen atoms in total. The summed E-state index contributed by atoms with van der Waals surface area (Å²) < 4.78 is 0. The van der Waals surface area contributed by atoms with Crippen molar-refractivity contribution in [2.45, 2.75) is 40.0 Å². The molecule has 0 heteroatoms. The molecule has 11 heavy (non-hydrogen) atoms. The molecular weight excluding hydrogens is 132 g/mol. The molecule has 2 unspecified atom stereocenters. The molecule has 2 aliphatic rings. The molecule has 2 aliphatic carbocycles. The third-order valence-corrected chi connectivity index (χ3v) is 3.33. The first-order valence-electron chi connectivity index (χ1n) is 4.72. The van der Waals surface area contributed by atoms with Gasteiger partial charge in [-0.3, -0.25) is 0 Å². The maximum absolute atomic E-state index is 2.45. The molecule has 2 rings (SSSR count). The molecule has 1 saturated carbocycles. The number of allylic oxidation sites excluding steroid dienone is 2. The monoisotopic (exact) mass is 150 g/mol. The quantitative estimate of drug-likeness (QED) is 0.464. The van der Waals surface area contributed by atoms with Gasteiger partial charge in [0, 0.05) is 0 Å². The third-order valence-electron chi connectivity index (χ3n) is 3.33. The Labute approximate surface area is 69.7 Å². The average molecular weight is 150 g/mol. The lowest BCUT2D eigenvalue weighted by Gasteiger charge is -2.39. The molecule has 1 fully saturated rings. The van der Waals surface area contributed by atoms with Gasteiger partial charge in [0.2, 0.25) is 0 Å². The Morgan fingerprint density at radius 1 is 1.09 bits per heavy atom. The Morgan fingerprint density at radius 3 is 2.00 bits per heavy atom. The van der Waals surface area contributed by atoms with Gasteiger partial charge in [-0.15, -0.1) is 0 Å². The fraction of sp³-hybridized carbons (Fsp3) is 0.818. The van der Waals surface area contributed by atoms with Crippen molar-refractivity contribution in [3.63, 3.8) is 0 Å². The summed E-state index contributed by atoms with van der Waals surface area (Å²) in [5.41, 5.74) is 1.10. The van der Waals surface area contributed by atoms with E-state index in [4.69, 9.17) is 0 Å². The van der Waals surface area contributed by atoms with Crippen LogP contribution in [0.15, 0.2) is 12.2 Å². The van der Waals surface area contributed by atoms with Crippen LogP contribution in [-0.2, 0) is 0 Å². The molecule has 0 aromatic rings. The van der Waals surface area contributed by atoms with Gasteiger partial charge in [-0.25, -0.2) is 0 Å². The Hall–Kier alpha value is -0.260. The van der Waals surface area contributed by atoms with E-state index in [2.05, 4.69) is 32.9 Å². The van der Waals surface area contributed by atoms with Crippen LogP contribution in [0, 0.1) is 16.7 Å². The van der Waals surface area contributed by atoms with Gasteiger partial charge in [0.1, 0.15) is 0 Å². The van der Waals surface area contributed by atoms with Crippen molar-refractivity contribution >= 4 is 0 Å². The first-order chi connectivity index (χ1) is 5.02. The minimum absolute atomic E-state index is 0.548. The zero-order valence-corrected chi connectivity index (χ0v) is 7.85. The van der Waals surface area contributed by atoms with Gasteiger partial charge in [-0.05, 0) is 36.0 Å². The predicted octanol–water partition coefficient (Wildman–Crippen LogP) is 3.39. The van der Waals surface area contributed by atoms with Gasteiger partial charge >= 0.3 is 0 Å². The zero-order valence-electron chi connectivity index (χ0n) is 7.85. The number of hydrogen-bond acceptors (Lipinski definition) is 0. The van der Waals surface area contributed by atoms with Crippen LogP contribution in [0.2, 0.25) is 0 Å². The molecule has 0 saturated heterocycles. The van der Waals surface area contributed by atoms with Crippen molar-refractivity contribution in [2.24, 2.45) is 16.7 Å². The highest BCUT2D eigenvalue weighted by Gasteiger charge is 2.43. The zero-order chi connectivity index (χ0) is 8.11. The number of rotatable bonds is 0. The normalized spacial score (nSPS) is 55.0. The third kappa shape index (κ3) is 1.13. The Bertz CT molecular complexity index is 184. The van der Waals surface area contributed by atoms with Gasteiger partial charge in [0.15, 0.2) is 0 Å². The molecule has 2 bridgehead atoms. The lowest BCUT2D eigenvalue weighted by Crippen LogP contribution is -2.28. The Morgan fingerprint density at radius 2 is 1.55 bits per heavy atom. The van der Waals surface area contributed by atoms with Gasteiger partial charge in [-0.2, -0.15) is 0 Å². The standard InChI is InChI=1S/C11H18/c1-9-6-10(2)4-5-11(3,7-9)8-10/h4-5,9H,6-8H2,1-3H3. The molecule has 0 radical (unpaired) electrons. The smallest absolute Gasteiger partial charge is 0.0136 e. The molecular formula is C11H18. The van der Waals surface area contributed by atoms with Gasteiger partial charge in [0.05, 0.1) is 0 Å². The summed E-state index contributed by atoms with van der Waals surface area (Å²) in [6.45, 7) is 7.21. The van der Waals surface area contributed by atoms with Crippen molar-refractivity contribution < 1.29 is 0 Å². The maximum Gasteiger partial charge on any atom is -0.0136 e. The van der Waals surface area contributed by atoms with Crippen molar-refractivity contribution in [1.82, 2.24) is 0 Å². The van der Waals surface area contributed by atoms with Crippen LogP contribution in [0.3, 0.4) is 0 Å². The van der Waals surface area contributed by atoms with Gasteiger partial charge in [0.25, 0.3) is 0 Å². The highest BCUT2D eigenvalue weighted by Crippen LogP contribution is 2.54. The molecule has 0 aromatic heterocycles. The minimum Gasteiger partial charge on any atom is -0.0820 e. The fourth-order valence-corrected chi connectivity index (χ4v) is 3.39. The summed E-state index contributed by atoms with van der Waals surface area (Å²) in [7, 11) is 0. The Balaban J connectivity index is 2.28. The highest BCUT2D eigenvalue weighted by atomic mass is 14.5. The Kier molecular flexibility index (Phi) is 1.28. The first kappa shape index (κ1) is 7.39. The predicted molar refractivity (Wildman–Crippen MR) is 48.4 cm³/mol. The second-order valence-corrected chi connectivity index (χ2v) is 5.33. The molecule has 0 heterocycles. The van der Waals surface area contributed by atoms with Crippen LogP contribution in [0.1, 0.15) is 40.0 Å². The largest absolute Gasteiger partial charge is 0.0820 e. The molecule has 0 N–H and O–H groups in total. The highest BCUT2D eigenvalue weighted by molar-refractivity contribution is 5.17. The second-order valence-electron chi connectivity index (χ2n) is 5.33. The molecule has 2 atom stereocenters. The van der Waals surface area contributed by atoms with E-state index in [-0.39, 0.29) is 0 Å².